The number of hydrogen-bond acceptors (Lipinski definition) is 6. The Morgan fingerprint density at radius 2 is 1.73 bits per heavy atom. The highest BCUT2D eigenvalue weighted by Crippen LogP contribution is 2.34. The highest BCUT2D eigenvalue weighted by molar-refractivity contribution is 5.94. The van der Waals surface area contributed by atoms with Crippen LogP contribution in [0.25, 0.3) is 33.7 Å². The van der Waals surface area contributed by atoms with E-state index in [4.69, 9.17) is 15.7 Å². The van der Waals surface area contributed by atoms with Crippen LogP contribution in [-0.2, 0) is 0 Å². The van der Waals surface area contributed by atoms with Crippen molar-refractivity contribution < 1.29 is 4.79 Å². The van der Waals surface area contributed by atoms with Crippen LogP contribution in [0, 0.1) is 6.92 Å². The third-order valence-corrected chi connectivity index (χ3v) is 5.41. The number of carbonyl (C=O) groups excluding carboxylic acids is 1. The smallest absolute Gasteiger partial charge is 0.248 e. The van der Waals surface area contributed by atoms with Crippen molar-refractivity contribution in [3.8, 4) is 22.6 Å². The second-order valence-corrected chi connectivity index (χ2v) is 7.68. The largest absolute Gasteiger partial charge is 0.366 e. The molecule has 0 spiro atoms. The number of benzene rings is 2. The number of rotatable bonds is 5. The molecule has 0 atom stereocenters. The molecule has 8 nitrogen and oxygen atoms in total. The van der Waals surface area contributed by atoms with Crippen LogP contribution in [0.15, 0.2) is 73.1 Å². The number of aromatic nitrogens is 5. The van der Waals surface area contributed by atoms with Crippen LogP contribution in [0.1, 0.15) is 16.1 Å². The van der Waals surface area contributed by atoms with Crippen LogP contribution in [0.5, 0.6) is 0 Å². The molecule has 0 fully saturated rings. The molecule has 0 aliphatic rings. The van der Waals surface area contributed by atoms with Crippen LogP contribution in [0.4, 0.5) is 11.6 Å². The lowest BCUT2D eigenvalue weighted by Gasteiger charge is -2.16. The molecule has 162 valence electrons. The molecular formula is C25H21N7O. The summed E-state index contributed by atoms with van der Waals surface area (Å²) in [5.41, 5.74) is 12.4. The molecule has 3 heterocycles. The summed E-state index contributed by atoms with van der Waals surface area (Å²) in [6.45, 7) is 1.95. The Morgan fingerprint density at radius 1 is 0.939 bits per heavy atom. The van der Waals surface area contributed by atoms with Gasteiger partial charge in [0, 0.05) is 41.9 Å². The zero-order chi connectivity index (χ0) is 22.9. The van der Waals surface area contributed by atoms with Gasteiger partial charge in [-0.25, -0.2) is 4.98 Å². The summed E-state index contributed by atoms with van der Waals surface area (Å²) in [7, 11) is 1.88. The monoisotopic (exact) mass is 435 g/mol. The highest BCUT2D eigenvalue weighted by Gasteiger charge is 2.19. The quantitative estimate of drug-likeness (QED) is 0.426. The van der Waals surface area contributed by atoms with Gasteiger partial charge in [-0.1, -0.05) is 18.2 Å². The topological polar surface area (TPSA) is 114 Å². The first kappa shape index (κ1) is 20.3. The lowest BCUT2D eigenvalue weighted by molar-refractivity contribution is 0.100. The van der Waals surface area contributed by atoms with Crippen molar-refractivity contribution >= 4 is 28.6 Å². The Kier molecular flexibility index (Phi) is 5.02. The normalized spacial score (nSPS) is 11.0. The number of hydrogen-bond donors (Lipinski definition) is 2. The first-order chi connectivity index (χ1) is 16.0. The number of anilines is 2. The Morgan fingerprint density at radius 3 is 2.52 bits per heavy atom. The van der Waals surface area contributed by atoms with Crippen molar-refractivity contribution in [3.05, 3.63) is 84.3 Å². The molecular weight excluding hydrogens is 414 g/mol. The maximum Gasteiger partial charge on any atom is 0.248 e. The molecule has 0 aliphatic heterocycles. The highest BCUT2D eigenvalue weighted by atomic mass is 16.1. The third kappa shape index (κ3) is 3.89. The summed E-state index contributed by atoms with van der Waals surface area (Å²) >= 11 is 0. The van der Waals surface area contributed by atoms with Crippen LogP contribution in [-0.4, -0.2) is 37.9 Å². The fraction of sp³-hybridized carbons (Fsp3) is 0.0800. The van der Waals surface area contributed by atoms with Crippen LogP contribution in [0.3, 0.4) is 0 Å². The molecule has 0 unspecified atom stereocenters. The Labute approximate surface area is 190 Å². The fourth-order valence-corrected chi connectivity index (χ4v) is 3.70. The van der Waals surface area contributed by atoms with Gasteiger partial charge >= 0.3 is 0 Å². The zero-order valence-electron chi connectivity index (χ0n) is 18.1. The van der Waals surface area contributed by atoms with E-state index in [9.17, 15) is 4.79 Å². The molecule has 0 bridgehead atoms. The third-order valence-electron chi connectivity index (χ3n) is 5.41. The molecule has 0 radical (unpaired) electrons. The summed E-state index contributed by atoms with van der Waals surface area (Å²) in [6, 6.07) is 18.8. The van der Waals surface area contributed by atoms with Crippen molar-refractivity contribution in [2.45, 2.75) is 6.92 Å². The van der Waals surface area contributed by atoms with Gasteiger partial charge in [0.05, 0.1) is 22.4 Å². The number of carbonyl (C=O) groups is 1. The minimum Gasteiger partial charge on any atom is -0.366 e. The van der Waals surface area contributed by atoms with E-state index in [0.29, 0.717) is 11.5 Å². The van der Waals surface area contributed by atoms with E-state index < -0.39 is 5.91 Å². The van der Waals surface area contributed by atoms with Crippen molar-refractivity contribution in [3.63, 3.8) is 0 Å². The van der Waals surface area contributed by atoms with Crippen molar-refractivity contribution in [2.24, 2.45) is 5.73 Å². The molecule has 0 aliphatic carbocycles. The van der Waals surface area contributed by atoms with E-state index in [0.717, 1.165) is 45.1 Å². The number of imidazole rings is 1. The minimum absolute atomic E-state index is 0.430. The fourth-order valence-electron chi connectivity index (χ4n) is 3.70. The summed E-state index contributed by atoms with van der Waals surface area (Å²) < 4.78 is 0. The van der Waals surface area contributed by atoms with Crippen LogP contribution < -0.4 is 10.6 Å². The number of H-pyrrole nitrogens is 1. The first-order valence-electron chi connectivity index (χ1n) is 10.4. The van der Waals surface area contributed by atoms with Gasteiger partial charge in [-0.3, -0.25) is 19.7 Å². The summed E-state index contributed by atoms with van der Waals surface area (Å²) in [6.07, 6.45) is 3.34. The van der Waals surface area contributed by atoms with Crippen LogP contribution in [0.2, 0.25) is 0 Å². The van der Waals surface area contributed by atoms with E-state index in [1.165, 1.54) is 0 Å². The molecule has 0 saturated carbocycles. The van der Waals surface area contributed by atoms with Gasteiger partial charge < -0.3 is 15.6 Å². The SMILES string of the molecule is Cc1cccc(-c2[nH]c(N(C)c3cccc(C(N)=O)c3)nc2-c2ccc3nccnc3c2)n1. The lowest BCUT2D eigenvalue weighted by atomic mass is 10.1. The maximum absolute atomic E-state index is 11.6. The second kappa shape index (κ2) is 8.16. The number of aromatic amines is 1. The van der Waals surface area contributed by atoms with Gasteiger partial charge in [-0.2, -0.15) is 0 Å². The van der Waals surface area contributed by atoms with Gasteiger partial charge in [0.1, 0.15) is 5.69 Å². The Bertz CT molecular complexity index is 1490. The minimum atomic E-state index is -0.479. The van der Waals surface area contributed by atoms with Crippen molar-refractivity contribution in [1.29, 1.82) is 0 Å². The molecule has 3 N–H and O–H groups in total. The molecule has 1 amide bonds. The first-order valence-corrected chi connectivity index (χ1v) is 10.4. The van der Waals surface area contributed by atoms with Gasteiger partial charge in [-0.15, -0.1) is 0 Å². The molecule has 3 aromatic heterocycles. The van der Waals surface area contributed by atoms with Gasteiger partial charge in [0.25, 0.3) is 0 Å². The number of nitrogens with zero attached hydrogens (tertiary/aromatic N) is 5. The van der Waals surface area contributed by atoms with Gasteiger partial charge in [-0.05, 0) is 49.4 Å². The predicted molar refractivity (Wildman–Crippen MR) is 128 cm³/mol. The number of aryl methyl sites for hydroxylation is 1. The number of fused-ring (bicyclic) bond motifs is 1. The average Bonchev–Trinajstić information content (AvgIpc) is 3.29. The predicted octanol–water partition coefficient (Wildman–Crippen LogP) is 4.26. The van der Waals surface area contributed by atoms with E-state index in [1.54, 1.807) is 30.6 Å². The van der Waals surface area contributed by atoms with E-state index >= 15 is 0 Å². The number of nitrogens with two attached hydrogens (primary N) is 1. The number of nitrogens with one attached hydrogen (secondary N) is 1. The van der Waals surface area contributed by atoms with Crippen molar-refractivity contribution in [2.75, 3.05) is 11.9 Å². The number of primary amides is 1. The van der Waals surface area contributed by atoms with Gasteiger partial charge in [0.15, 0.2) is 0 Å². The summed E-state index contributed by atoms with van der Waals surface area (Å²) in [4.78, 5) is 35.3. The molecule has 5 aromatic rings. The summed E-state index contributed by atoms with van der Waals surface area (Å²) in [5.74, 6) is 0.122. The molecule has 2 aromatic carbocycles. The number of amides is 1. The van der Waals surface area contributed by atoms with E-state index in [-0.39, 0.29) is 0 Å². The molecule has 8 heteroatoms. The Hall–Kier alpha value is -4.59. The molecule has 0 saturated heterocycles. The molecule has 5 rings (SSSR count). The van der Waals surface area contributed by atoms with Crippen LogP contribution >= 0.6 is 0 Å². The number of pyridine rings is 1. The average molecular weight is 435 g/mol. The van der Waals surface area contributed by atoms with E-state index in [1.807, 2.05) is 61.3 Å². The van der Waals surface area contributed by atoms with E-state index in [2.05, 4.69) is 15.0 Å². The zero-order valence-corrected chi connectivity index (χ0v) is 18.1. The van der Waals surface area contributed by atoms with Crippen molar-refractivity contribution in [1.82, 2.24) is 24.9 Å². The maximum atomic E-state index is 11.6. The Balaban J connectivity index is 1.66. The standard InChI is InChI=1S/C25H21N7O/c1-15-5-3-8-20(29-15)23-22(16-9-10-19-21(14-16)28-12-11-27-19)30-25(31-23)32(2)18-7-4-6-17(13-18)24(26)33/h3-14H,1-2H3,(H2,26,33)(H,30,31). The second-order valence-electron chi connectivity index (χ2n) is 7.68. The molecule has 33 heavy (non-hydrogen) atoms. The summed E-state index contributed by atoms with van der Waals surface area (Å²) in [5, 5.41) is 0. The van der Waals surface area contributed by atoms with Gasteiger partial charge in [0.2, 0.25) is 11.9 Å². The lowest BCUT2D eigenvalue weighted by Crippen LogP contribution is -2.14.